The van der Waals surface area contributed by atoms with E-state index in [2.05, 4.69) is 21.2 Å². The number of benzene rings is 1. The van der Waals surface area contributed by atoms with Crippen LogP contribution < -0.4 is 5.32 Å². The first-order valence-electron chi connectivity index (χ1n) is 4.59. The van der Waals surface area contributed by atoms with Gasteiger partial charge in [0.2, 0.25) is 5.91 Å². The summed E-state index contributed by atoms with van der Waals surface area (Å²) in [7, 11) is 0. The largest absolute Gasteiger partial charge is 0.389 e. The standard InChI is InChI=1S/C10H8BrF4NO/c11-7-2-1-6(12)5-8(7)16-9(17)3-4-10(13,14)15/h1-2,5H,3-4H2,(H,16,17). The third-order valence-corrected chi connectivity index (χ3v) is 2.53. The lowest BCUT2D eigenvalue weighted by molar-refractivity contribution is -0.142. The van der Waals surface area contributed by atoms with E-state index in [0.717, 1.165) is 12.1 Å². The Morgan fingerprint density at radius 3 is 2.59 bits per heavy atom. The van der Waals surface area contributed by atoms with Gasteiger partial charge < -0.3 is 5.32 Å². The lowest BCUT2D eigenvalue weighted by Crippen LogP contribution is -2.16. The molecule has 2 nitrogen and oxygen atoms in total. The van der Waals surface area contributed by atoms with Crippen molar-refractivity contribution in [3.8, 4) is 0 Å². The predicted molar refractivity (Wildman–Crippen MR) is 58.0 cm³/mol. The molecule has 0 bridgehead atoms. The number of alkyl halides is 3. The smallest absolute Gasteiger partial charge is 0.325 e. The van der Waals surface area contributed by atoms with Crippen molar-refractivity contribution < 1.29 is 22.4 Å². The Labute approximate surface area is 103 Å². The summed E-state index contributed by atoms with van der Waals surface area (Å²) in [5.41, 5.74) is 0.108. The van der Waals surface area contributed by atoms with Crippen LogP contribution in [0.4, 0.5) is 23.2 Å². The lowest BCUT2D eigenvalue weighted by atomic mass is 10.2. The average Bonchev–Trinajstić information content (AvgIpc) is 2.20. The van der Waals surface area contributed by atoms with E-state index < -0.39 is 30.7 Å². The number of halogens is 5. The number of nitrogens with one attached hydrogen (secondary N) is 1. The van der Waals surface area contributed by atoms with Crippen LogP contribution in [-0.4, -0.2) is 12.1 Å². The Morgan fingerprint density at radius 1 is 1.35 bits per heavy atom. The van der Waals surface area contributed by atoms with Crippen molar-refractivity contribution in [2.45, 2.75) is 19.0 Å². The maximum absolute atomic E-state index is 12.8. The number of hydrogen-bond acceptors (Lipinski definition) is 1. The van der Waals surface area contributed by atoms with Crippen LogP contribution in [0.5, 0.6) is 0 Å². The molecule has 94 valence electrons. The van der Waals surface area contributed by atoms with Crippen LogP contribution in [0.1, 0.15) is 12.8 Å². The molecular weight excluding hydrogens is 306 g/mol. The normalized spacial score (nSPS) is 11.4. The van der Waals surface area contributed by atoms with Gasteiger partial charge >= 0.3 is 6.18 Å². The molecule has 0 saturated carbocycles. The van der Waals surface area contributed by atoms with E-state index in [4.69, 9.17) is 0 Å². The van der Waals surface area contributed by atoms with Crippen molar-refractivity contribution in [2.24, 2.45) is 0 Å². The van der Waals surface area contributed by atoms with Gasteiger partial charge in [-0.2, -0.15) is 13.2 Å². The molecule has 1 amide bonds. The molecule has 0 aliphatic rings. The topological polar surface area (TPSA) is 29.1 Å². The second kappa shape index (κ2) is 5.48. The Kier molecular flexibility index (Phi) is 4.50. The second-order valence-electron chi connectivity index (χ2n) is 3.29. The van der Waals surface area contributed by atoms with Crippen LogP contribution in [0.25, 0.3) is 0 Å². The minimum absolute atomic E-state index is 0.108. The van der Waals surface area contributed by atoms with Crippen molar-refractivity contribution in [2.75, 3.05) is 5.32 Å². The van der Waals surface area contributed by atoms with Crippen LogP contribution in [0, 0.1) is 5.82 Å². The minimum Gasteiger partial charge on any atom is -0.325 e. The molecule has 0 radical (unpaired) electrons. The summed E-state index contributed by atoms with van der Waals surface area (Å²) in [6, 6.07) is 3.54. The zero-order valence-corrected chi connectivity index (χ0v) is 10.0. The summed E-state index contributed by atoms with van der Waals surface area (Å²) in [4.78, 5) is 11.2. The summed E-state index contributed by atoms with van der Waals surface area (Å²) < 4.78 is 48.8. The SMILES string of the molecule is O=C(CCC(F)(F)F)Nc1cc(F)ccc1Br. The summed E-state index contributed by atoms with van der Waals surface area (Å²) in [6.45, 7) is 0. The Hall–Kier alpha value is -1.11. The van der Waals surface area contributed by atoms with Crippen LogP contribution in [0.3, 0.4) is 0 Å². The van der Waals surface area contributed by atoms with Gasteiger partial charge in [-0.1, -0.05) is 0 Å². The van der Waals surface area contributed by atoms with Gasteiger partial charge in [0.25, 0.3) is 0 Å². The van der Waals surface area contributed by atoms with Gasteiger partial charge in [0.05, 0.1) is 12.1 Å². The lowest BCUT2D eigenvalue weighted by Gasteiger charge is -2.08. The molecule has 1 N–H and O–H groups in total. The summed E-state index contributed by atoms with van der Waals surface area (Å²) >= 11 is 3.05. The first-order chi connectivity index (χ1) is 7.78. The monoisotopic (exact) mass is 313 g/mol. The highest BCUT2D eigenvalue weighted by molar-refractivity contribution is 9.10. The van der Waals surface area contributed by atoms with Crippen LogP contribution in [-0.2, 0) is 4.79 Å². The molecule has 0 unspecified atom stereocenters. The number of amides is 1. The molecule has 0 aliphatic carbocycles. The molecular formula is C10H8BrF4NO. The van der Waals surface area contributed by atoms with E-state index in [0.29, 0.717) is 4.47 Å². The first kappa shape index (κ1) is 14.0. The summed E-state index contributed by atoms with van der Waals surface area (Å²) in [5.74, 6) is -1.40. The van der Waals surface area contributed by atoms with E-state index in [1.807, 2.05) is 0 Å². The van der Waals surface area contributed by atoms with E-state index in [-0.39, 0.29) is 5.69 Å². The third-order valence-electron chi connectivity index (χ3n) is 1.84. The molecule has 0 atom stereocenters. The Bertz CT molecular complexity index is 419. The van der Waals surface area contributed by atoms with E-state index in [1.54, 1.807) is 0 Å². The van der Waals surface area contributed by atoms with Gasteiger partial charge in [0, 0.05) is 10.9 Å². The molecule has 1 aromatic carbocycles. The fourth-order valence-corrected chi connectivity index (χ4v) is 1.41. The van der Waals surface area contributed by atoms with Gasteiger partial charge in [-0.3, -0.25) is 4.79 Å². The highest BCUT2D eigenvalue weighted by Crippen LogP contribution is 2.25. The van der Waals surface area contributed by atoms with Gasteiger partial charge in [-0.25, -0.2) is 4.39 Å². The molecule has 0 aliphatic heterocycles. The van der Waals surface area contributed by atoms with E-state index in [1.165, 1.54) is 6.07 Å². The maximum Gasteiger partial charge on any atom is 0.389 e. The number of anilines is 1. The van der Waals surface area contributed by atoms with E-state index in [9.17, 15) is 22.4 Å². The van der Waals surface area contributed by atoms with Crippen molar-refractivity contribution in [1.29, 1.82) is 0 Å². The first-order valence-corrected chi connectivity index (χ1v) is 5.39. The molecule has 7 heteroatoms. The summed E-state index contributed by atoms with van der Waals surface area (Å²) in [6.07, 6.45) is -6.27. The van der Waals surface area contributed by atoms with Gasteiger partial charge in [-0.15, -0.1) is 0 Å². The van der Waals surface area contributed by atoms with Crippen LogP contribution in [0.2, 0.25) is 0 Å². The third kappa shape index (κ3) is 5.16. The Balaban J connectivity index is 2.59. The minimum atomic E-state index is -4.38. The molecule has 0 saturated heterocycles. The molecule has 1 rings (SSSR count). The van der Waals surface area contributed by atoms with Crippen LogP contribution >= 0.6 is 15.9 Å². The zero-order valence-electron chi connectivity index (χ0n) is 8.44. The fraction of sp³-hybridized carbons (Fsp3) is 0.300. The fourth-order valence-electron chi connectivity index (χ4n) is 1.06. The predicted octanol–water partition coefficient (Wildman–Crippen LogP) is 3.87. The maximum atomic E-state index is 12.8. The summed E-state index contributed by atoms with van der Waals surface area (Å²) in [5, 5.41) is 2.20. The highest BCUT2D eigenvalue weighted by atomic mass is 79.9. The number of rotatable bonds is 3. The molecule has 0 heterocycles. The van der Waals surface area contributed by atoms with Crippen molar-refractivity contribution in [1.82, 2.24) is 0 Å². The highest BCUT2D eigenvalue weighted by Gasteiger charge is 2.27. The number of hydrogen-bond donors (Lipinski definition) is 1. The molecule has 1 aromatic rings. The molecule has 0 spiro atoms. The molecule has 0 aromatic heterocycles. The zero-order chi connectivity index (χ0) is 13.1. The average molecular weight is 314 g/mol. The van der Waals surface area contributed by atoms with Crippen molar-refractivity contribution in [3.05, 3.63) is 28.5 Å². The second-order valence-corrected chi connectivity index (χ2v) is 4.14. The quantitative estimate of drug-likeness (QED) is 0.843. The van der Waals surface area contributed by atoms with Gasteiger partial charge in [0.15, 0.2) is 0 Å². The Morgan fingerprint density at radius 2 is 2.00 bits per heavy atom. The molecule has 0 fully saturated rings. The van der Waals surface area contributed by atoms with Crippen LogP contribution in [0.15, 0.2) is 22.7 Å². The molecule has 17 heavy (non-hydrogen) atoms. The number of carbonyl (C=O) groups is 1. The number of carbonyl (C=O) groups excluding carboxylic acids is 1. The van der Waals surface area contributed by atoms with Crippen molar-refractivity contribution >= 4 is 27.5 Å². The van der Waals surface area contributed by atoms with E-state index >= 15 is 0 Å². The van der Waals surface area contributed by atoms with Gasteiger partial charge in [0.1, 0.15) is 5.82 Å². The van der Waals surface area contributed by atoms with Crippen molar-refractivity contribution in [3.63, 3.8) is 0 Å². The van der Waals surface area contributed by atoms with Gasteiger partial charge in [-0.05, 0) is 34.1 Å².